The van der Waals surface area contributed by atoms with E-state index in [4.69, 9.17) is 14.5 Å². The second kappa shape index (κ2) is 9.63. The van der Waals surface area contributed by atoms with Crippen LogP contribution in [0.25, 0.3) is 22.2 Å². The Morgan fingerprint density at radius 1 is 1.11 bits per heavy atom. The first-order chi connectivity index (χ1) is 17.0. The van der Waals surface area contributed by atoms with Crippen LogP contribution in [0.4, 0.5) is 23.0 Å². The summed E-state index contributed by atoms with van der Waals surface area (Å²) >= 11 is 0. The van der Waals surface area contributed by atoms with Crippen LogP contribution in [0, 0.1) is 0 Å². The molecule has 0 aliphatic carbocycles. The fourth-order valence-electron chi connectivity index (χ4n) is 4.43. The van der Waals surface area contributed by atoms with Gasteiger partial charge in [0.25, 0.3) is 0 Å². The molecule has 1 aliphatic rings. The normalized spacial score (nSPS) is 13.6. The Balaban J connectivity index is 1.51. The molecule has 1 fully saturated rings. The largest absolute Gasteiger partial charge is 0.494 e. The number of hydrogen-bond acceptors (Lipinski definition) is 7. The average molecular weight is 473 g/mol. The van der Waals surface area contributed by atoms with Crippen LogP contribution in [0.3, 0.4) is 0 Å². The number of nitrogens with zero attached hydrogens (tertiary/aromatic N) is 4. The number of carbonyl (C=O) groups excluding carboxylic acids is 1. The number of rotatable bonds is 6. The maximum Gasteiger partial charge on any atom is 0.227 e. The Labute approximate surface area is 203 Å². The van der Waals surface area contributed by atoms with Gasteiger partial charge in [0.1, 0.15) is 5.75 Å². The number of benzene rings is 2. The van der Waals surface area contributed by atoms with Crippen LogP contribution in [0.1, 0.15) is 6.92 Å². The number of carbonyl (C=O) groups is 1. The summed E-state index contributed by atoms with van der Waals surface area (Å²) in [5.41, 5.74) is 5.20. The van der Waals surface area contributed by atoms with Gasteiger partial charge in [-0.2, -0.15) is 0 Å². The Bertz CT molecular complexity index is 1380. The molecule has 0 unspecified atom stereocenters. The molecule has 9 nitrogen and oxygen atoms in total. The van der Waals surface area contributed by atoms with E-state index in [0.717, 1.165) is 40.9 Å². The average Bonchev–Trinajstić information content (AvgIpc) is 3.21. The van der Waals surface area contributed by atoms with Crippen molar-refractivity contribution in [2.75, 3.05) is 48.9 Å². The van der Waals surface area contributed by atoms with Crippen LogP contribution in [0.2, 0.25) is 0 Å². The molecule has 2 aromatic carbocycles. The molecule has 5 rings (SSSR count). The predicted molar refractivity (Wildman–Crippen MR) is 138 cm³/mol. The number of hydrogen-bond donors (Lipinski definition) is 2. The third-order valence-corrected chi connectivity index (χ3v) is 6.06. The number of ether oxygens (including phenoxy) is 2. The monoisotopic (exact) mass is 472 g/mol. The van der Waals surface area contributed by atoms with E-state index < -0.39 is 0 Å². The van der Waals surface area contributed by atoms with Gasteiger partial charge >= 0.3 is 0 Å². The topological polar surface area (TPSA) is 93.5 Å². The van der Waals surface area contributed by atoms with Gasteiger partial charge in [0.05, 0.1) is 43.1 Å². The Kier molecular flexibility index (Phi) is 6.24. The van der Waals surface area contributed by atoms with E-state index in [1.54, 1.807) is 13.3 Å². The Morgan fingerprint density at radius 2 is 1.91 bits per heavy atom. The number of methoxy groups -OCH3 is 1. The van der Waals surface area contributed by atoms with Crippen molar-refractivity contribution in [3.05, 3.63) is 54.9 Å². The minimum atomic E-state index is -0.148. The SMILES string of the molecule is COc1cc(N2CCOCC2)c(NC(C)=O)cc1Nc1nccc(-c2cn(C)c3ccccc23)n1. The molecule has 0 atom stereocenters. The number of aryl methyl sites for hydroxylation is 1. The van der Waals surface area contributed by atoms with Gasteiger partial charge in [0.15, 0.2) is 0 Å². The molecule has 4 aromatic rings. The van der Waals surface area contributed by atoms with Crippen LogP contribution in [-0.2, 0) is 16.6 Å². The lowest BCUT2D eigenvalue weighted by Gasteiger charge is -2.31. The van der Waals surface area contributed by atoms with Crippen molar-refractivity contribution in [3.63, 3.8) is 0 Å². The van der Waals surface area contributed by atoms with Gasteiger partial charge in [-0.3, -0.25) is 4.79 Å². The molecule has 3 heterocycles. The zero-order valence-electron chi connectivity index (χ0n) is 20.0. The molecule has 9 heteroatoms. The van der Waals surface area contributed by atoms with Gasteiger partial charge in [0.2, 0.25) is 11.9 Å². The summed E-state index contributed by atoms with van der Waals surface area (Å²) in [6.45, 7) is 4.24. The van der Waals surface area contributed by atoms with Crippen LogP contribution in [0.5, 0.6) is 5.75 Å². The minimum Gasteiger partial charge on any atom is -0.494 e. The van der Waals surface area contributed by atoms with Gasteiger partial charge in [-0.1, -0.05) is 18.2 Å². The van der Waals surface area contributed by atoms with Gasteiger partial charge in [-0.25, -0.2) is 9.97 Å². The molecular weight excluding hydrogens is 444 g/mol. The summed E-state index contributed by atoms with van der Waals surface area (Å²) < 4.78 is 13.3. The molecule has 0 bridgehead atoms. The number of para-hydroxylation sites is 1. The lowest BCUT2D eigenvalue weighted by molar-refractivity contribution is -0.114. The lowest BCUT2D eigenvalue weighted by atomic mass is 10.1. The van der Waals surface area contributed by atoms with Crippen molar-refractivity contribution in [3.8, 4) is 17.0 Å². The highest BCUT2D eigenvalue weighted by atomic mass is 16.5. The number of anilines is 4. The molecule has 2 N–H and O–H groups in total. The van der Waals surface area contributed by atoms with E-state index in [-0.39, 0.29) is 5.91 Å². The van der Waals surface area contributed by atoms with Crippen LogP contribution < -0.4 is 20.3 Å². The summed E-state index contributed by atoms with van der Waals surface area (Å²) in [6, 6.07) is 13.9. The molecule has 2 aromatic heterocycles. The molecule has 180 valence electrons. The number of nitrogens with one attached hydrogen (secondary N) is 2. The second-order valence-electron chi connectivity index (χ2n) is 8.41. The first-order valence-electron chi connectivity index (χ1n) is 11.5. The van der Waals surface area contributed by atoms with E-state index in [1.807, 2.05) is 37.4 Å². The van der Waals surface area contributed by atoms with Crippen LogP contribution >= 0.6 is 0 Å². The number of aromatic nitrogens is 3. The molecular formula is C26H28N6O3. The molecule has 0 radical (unpaired) electrons. The molecule has 1 saturated heterocycles. The van der Waals surface area contributed by atoms with E-state index in [9.17, 15) is 4.79 Å². The zero-order chi connectivity index (χ0) is 24.4. The summed E-state index contributed by atoms with van der Waals surface area (Å²) in [5.74, 6) is 0.909. The molecule has 1 amide bonds. The summed E-state index contributed by atoms with van der Waals surface area (Å²) in [5, 5.41) is 7.36. The third-order valence-electron chi connectivity index (χ3n) is 6.06. The standard InChI is InChI=1S/C26H28N6O3/c1-17(33)28-21-14-22(25(34-3)15-24(21)32-10-12-35-13-11-32)30-26-27-9-8-20(29-26)19-16-31(2)23-7-5-4-6-18(19)23/h4-9,14-16H,10-13H2,1-3H3,(H,28,33)(H,27,29,30). The van der Waals surface area contributed by atoms with Crippen molar-refractivity contribution in [1.29, 1.82) is 0 Å². The highest BCUT2D eigenvalue weighted by Gasteiger charge is 2.20. The van der Waals surface area contributed by atoms with Crippen molar-refractivity contribution >= 4 is 39.8 Å². The fraction of sp³-hybridized carbons (Fsp3) is 0.269. The second-order valence-corrected chi connectivity index (χ2v) is 8.41. The number of fused-ring (bicyclic) bond motifs is 1. The summed E-state index contributed by atoms with van der Waals surface area (Å²) in [7, 11) is 3.64. The van der Waals surface area contributed by atoms with Crippen molar-refractivity contribution in [2.45, 2.75) is 6.92 Å². The van der Waals surface area contributed by atoms with E-state index in [0.29, 0.717) is 36.3 Å². The van der Waals surface area contributed by atoms with Crippen LogP contribution in [-0.4, -0.2) is 53.9 Å². The van der Waals surface area contributed by atoms with Gasteiger partial charge in [-0.05, 0) is 18.2 Å². The smallest absolute Gasteiger partial charge is 0.227 e. The Hall–Kier alpha value is -4.11. The number of morpholine rings is 1. The lowest BCUT2D eigenvalue weighted by Crippen LogP contribution is -2.36. The highest BCUT2D eigenvalue weighted by Crippen LogP contribution is 2.39. The quantitative estimate of drug-likeness (QED) is 0.435. The summed E-state index contributed by atoms with van der Waals surface area (Å²) in [6.07, 6.45) is 3.80. The van der Waals surface area contributed by atoms with Gasteiger partial charge in [-0.15, -0.1) is 0 Å². The van der Waals surface area contributed by atoms with Gasteiger partial charge < -0.3 is 29.6 Å². The Morgan fingerprint density at radius 3 is 2.69 bits per heavy atom. The highest BCUT2D eigenvalue weighted by molar-refractivity contribution is 5.96. The van der Waals surface area contributed by atoms with Crippen LogP contribution in [0.15, 0.2) is 54.9 Å². The summed E-state index contributed by atoms with van der Waals surface area (Å²) in [4.78, 5) is 23.3. The number of amides is 1. The first-order valence-corrected chi connectivity index (χ1v) is 11.5. The molecule has 0 saturated carbocycles. The molecule has 35 heavy (non-hydrogen) atoms. The van der Waals surface area contributed by atoms with E-state index >= 15 is 0 Å². The third kappa shape index (κ3) is 4.63. The van der Waals surface area contributed by atoms with Gasteiger partial charge in [0, 0.05) is 62.0 Å². The maximum atomic E-state index is 12.0. The fourth-order valence-corrected chi connectivity index (χ4v) is 4.43. The van der Waals surface area contributed by atoms with Crippen molar-refractivity contribution < 1.29 is 14.3 Å². The van der Waals surface area contributed by atoms with E-state index in [2.05, 4.69) is 43.4 Å². The first kappa shape index (κ1) is 22.7. The minimum absolute atomic E-state index is 0.148. The van der Waals surface area contributed by atoms with E-state index in [1.165, 1.54) is 6.92 Å². The zero-order valence-corrected chi connectivity index (χ0v) is 20.0. The maximum absolute atomic E-state index is 12.0. The molecule has 1 aliphatic heterocycles. The predicted octanol–water partition coefficient (Wildman–Crippen LogP) is 4.18. The van der Waals surface area contributed by atoms with Crippen molar-refractivity contribution in [2.24, 2.45) is 7.05 Å². The molecule has 0 spiro atoms. The van der Waals surface area contributed by atoms with Crippen molar-refractivity contribution in [1.82, 2.24) is 14.5 Å².